The fourth-order valence-corrected chi connectivity index (χ4v) is 3.80. The summed E-state index contributed by atoms with van der Waals surface area (Å²) in [5, 5.41) is 4.48. The molecule has 2 saturated heterocycles. The highest BCUT2D eigenvalue weighted by molar-refractivity contribution is 5.93. The average molecular weight is 345 g/mol. The molecule has 4 rings (SSSR count). The van der Waals surface area contributed by atoms with Gasteiger partial charge in [-0.3, -0.25) is 4.79 Å². The number of ether oxygens (including phenoxy) is 1. The number of rotatable bonds is 3. The number of aromatic nitrogens is 4. The molecule has 8 heteroatoms. The fraction of sp³-hybridized carbons (Fsp3) is 0.647. The number of oxazole rings is 1. The van der Waals surface area contributed by atoms with Gasteiger partial charge in [0.2, 0.25) is 0 Å². The Hall–Kier alpha value is -2.22. The van der Waals surface area contributed by atoms with E-state index in [1.54, 1.807) is 0 Å². The van der Waals surface area contributed by atoms with Crippen molar-refractivity contribution in [3.8, 4) is 0 Å². The van der Waals surface area contributed by atoms with Crippen molar-refractivity contribution in [2.75, 3.05) is 19.7 Å². The van der Waals surface area contributed by atoms with Crippen molar-refractivity contribution in [3.63, 3.8) is 0 Å². The zero-order chi connectivity index (χ0) is 17.4. The molecular weight excluding hydrogens is 322 g/mol. The monoisotopic (exact) mass is 345 g/mol. The number of nitrogens with zero attached hydrogens (tertiary/aromatic N) is 5. The Morgan fingerprint density at radius 3 is 2.88 bits per heavy atom. The molecule has 2 aliphatic rings. The summed E-state index contributed by atoms with van der Waals surface area (Å²) in [5.41, 5.74) is 0.388. The lowest BCUT2D eigenvalue weighted by molar-refractivity contribution is 0.0639. The first kappa shape index (κ1) is 16.3. The van der Waals surface area contributed by atoms with Crippen LogP contribution in [-0.2, 0) is 4.74 Å². The quantitative estimate of drug-likeness (QED) is 0.848. The molecule has 4 heterocycles. The molecule has 2 aliphatic heterocycles. The van der Waals surface area contributed by atoms with Gasteiger partial charge < -0.3 is 14.1 Å². The van der Waals surface area contributed by atoms with E-state index < -0.39 is 0 Å². The second kappa shape index (κ2) is 6.59. The first-order valence-electron chi connectivity index (χ1n) is 8.87. The van der Waals surface area contributed by atoms with Crippen LogP contribution in [0.25, 0.3) is 0 Å². The van der Waals surface area contributed by atoms with Gasteiger partial charge in [0.25, 0.3) is 5.91 Å². The molecular formula is C17H23N5O3. The van der Waals surface area contributed by atoms with Crippen molar-refractivity contribution in [2.24, 2.45) is 0 Å². The molecule has 8 nitrogen and oxygen atoms in total. The molecule has 0 saturated carbocycles. The summed E-state index contributed by atoms with van der Waals surface area (Å²) in [5.74, 6) is 2.13. The molecule has 2 fully saturated rings. The van der Waals surface area contributed by atoms with E-state index in [1.807, 2.05) is 23.4 Å². The molecule has 0 radical (unpaired) electrons. The Bertz CT molecular complexity index is 762. The summed E-state index contributed by atoms with van der Waals surface area (Å²) >= 11 is 0. The number of amides is 1. The third-order valence-electron chi connectivity index (χ3n) is 4.96. The SMILES string of the molecule is Cc1nc(C)n(C2CCCN(C(=O)c3ncoc3C3CCCO3)C2)n1. The molecule has 2 unspecified atom stereocenters. The molecule has 2 aromatic heterocycles. The summed E-state index contributed by atoms with van der Waals surface area (Å²) < 4.78 is 13.1. The zero-order valence-electron chi connectivity index (χ0n) is 14.6. The molecule has 2 atom stereocenters. The van der Waals surface area contributed by atoms with Gasteiger partial charge in [0, 0.05) is 19.7 Å². The Morgan fingerprint density at radius 2 is 2.16 bits per heavy atom. The minimum absolute atomic E-state index is 0.0848. The van der Waals surface area contributed by atoms with Gasteiger partial charge in [-0.05, 0) is 39.5 Å². The number of carbonyl (C=O) groups excluding carboxylic acids is 1. The van der Waals surface area contributed by atoms with E-state index in [4.69, 9.17) is 9.15 Å². The predicted molar refractivity (Wildman–Crippen MR) is 88.1 cm³/mol. The molecule has 0 aliphatic carbocycles. The number of carbonyl (C=O) groups is 1. The normalized spacial score (nSPS) is 24.0. The van der Waals surface area contributed by atoms with Gasteiger partial charge in [-0.1, -0.05) is 0 Å². The van der Waals surface area contributed by atoms with Crippen LogP contribution in [0, 0.1) is 13.8 Å². The first-order valence-corrected chi connectivity index (χ1v) is 8.87. The minimum atomic E-state index is -0.151. The Kier molecular flexibility index (Phi) is 4.29. The van der Waals surface area contributed by atoms with Crippen LogP contribution >= 0.6 is 0 Å². The molecule has 2 aromatic rings. The van der Waals surface area contributed by atoms with E-state index >= 15 is 0 Å². The second-order valence-electron chi connectivity index (χ2n) is 6.76. The van der Waals surface area contributed by atoms with Gasteiger partial charge in [-0.15, -0.1) is 0 Å². The van der Waals surface area contributed by atoms with E-state index in [1.165, 1.54) is 6.39 Å². The maximum Gasteiger partial charge on any atom is 0.276 e. The second-order valence-corrected chi connectivity index (χ2v) is 6.76. The van der Waals surface area contributed by atoms with Crippen LogP contribution in [0.2, 0.25) is 0 Å². The Morgan fingerprint density at radius 1 is 1.28 bits per heavy atom. The third-order valence-corrected chi connectivity index (χ3v) is 4.96. The van der Waals surface area contributed by atoms with Gasteiger partial charge in [0.1, 0.15) is 17.8 Å². The minimum Gasteiger partial charge on any atom is -0.445 e. The summed E-state index contributed by atoms with van der Waals surface area (Å²) in [6.07, 6.45) is 4.97. The van der Waals surface area contributed by atoms with Crippen LogP contribution in [0.1, 0.15) is 65.7 Å². The lowest BCUT2D eigenvalue weighted by Gasteiger charge is -2.32. The van der Waals surface area contributed by atoms with E-state index in [0.29, 0.717) is 24.6 Å². The Labute approximate surface area is 146 Å². The zero-order valence-corrected chi connectivity index (χ0v) is 14.6. The molecule has 0 bridgehead atoms. The number of hydrogen-bond donors (Lipinski definition) is 0. The summed E-state index contributed by atoms with van der Waals surface area (Å²) in [6, 6.07) is 0.150. The molecule has 0 N–H and O–H groups in total. The smallest absolute Gasteiger partial charge is 0.276 e. The van der Waals surface area contributed by atoms with Gasteiger partial charge in [-0.25, -0.2) is 14.6 Å². The average Bonchev–Trinajstić information content (AvgIpc) is 3.34. The fourth-order valence-electron chi connectivity index (χ4n) is 3.80. The van der Waals surface area contributed by atoms with Crippen LogP contribution in [0.15, 0.2) is 10.8 Å². The van der Waals surface area contributed by atoms with Gasteiger partial charge >= 0.3 is 0 Å². The third kappa shape index (κ3) is 3.06. The van der Waals surface area contributed by atoms with Crippen LogP contribution in [0.4, 0.5) is 0 Å². The van der Waals surface area contributed by atoms with E-state index in [-0.39, 0.29) is 18.1 Å². The van der Waals surface area contributed by atoms with Crippen LogP contribution in [0.3, 0.4) is 0 Å². The molecule has 1 amide bonds. The summed E-state index contributed by atoms with van der Waals surface area (Å²) in [7, 11) is 0. The largest absolute Gasteiger partial charge is 0.445 e. The summed E-state index contributed by atoms with van der Waals surface area (Å²) in [6.45, 7) is 5.88. The highest BCUT2D eigenvalue weighted by atomic mass is 16.5. The number of aryl methyl sites for hydroxylation is 2. The standard InChI is InChI=1S/C17H23N5O3/c1-11-19-12(2)22(20-11)13-5-3-7-21(9-13)17(23)15-16(25-10-18-15)14-6-4-8-24-14/h10,13-14H,3-9H2,1-2H3. The molecule has 134 valence electrons. The highest BCUT2D eigenvalue weighted by Gasteiger charge is 2.33. The van der Waals surface area contributed by atoms with E-state index in [9.17, 15) is 4.79 Å². The maximum absolute atomic E-state index is 13.0. The van der Waals surface area contributed by atoms with Crippen molar-refractivity contribution in [2.45, 2.75) is 51.7 Å². The maximum atomic E-state index is 13.0. The lowest BCUT2D eigenvalue weighted by atomic mass is 10.0. The van der Waals surface area contributed by atoms with Crippen molar-refractivity contribution in [1.29, 1.82) is 0 Å². The highest BCUT2D eigenvalue weighted by Crippen LogP contribution is 2.32. The molecule has 0 spiro atoms. The van der Waals surface area contributed by atoms with Crippen molar-refractivity contribution in [1.82, 2.24) is 24.6 Å². The van der Waals surface area contributed by atoms with Crippen molar-refractivity contribution < 1.29 is 13.9 Å². The van der Waals surface area contributed by atoms with Crippen LogP contribution < -0.4 is 0 Å². The molecule has 0 aromatic carbocycles. The predicted octanol–water partition coefficient (Wildman–Crippen LogP) is 2.21. The van der Waals surface area contributed by atoms with Crippen LogP contribution in [0.5, 0.6) is 0 Å². The number of likely N-dealkylation sites (tertiary alicyclic amines) is 1. The van der Waals surface area contributed by atoms with Gasteiger partial charge in [0.05, 0.1) is 6.04 Å². The van der Waals surface area contributed by atoms with Gasteiger partial charge in [0.15, 0.2) is 17.8 Å². The Balaban J connectivity index is 1.52. The first-order chi connectivity index (χ1) is 12.1. The number of piperidine rings is 1. The van der Waals surface area contributed by atoms with Crippen molar-refractivity contribution >= 4 is 5.91 Å². The van der Waals surface area contributed by atoms with E-state index in [2.05, 4.69) is 15.1 Å². The summed E-state index contributed by atoms with van der Waals surface area (Å²) in [4.78, 5) is 23.4. The lowest BCUT2D eigenvalue weighted by Crippen LogP contribution is -2.41. The van der Waals surface area contributed by atoms with Crippen LogP contribution in [-0.4, -0.2) is 50.3 Å². The van der Waals surface area contributed by atoms with Gasteiger partial charge in [-0.2, -0.15) is 5.10 Å². The van der Waals surface area contributed by atoms with Crippen molar-refractivity contribution in [3.05, 3.63) is 29.5 Å². The topological polar surface area (TPSA) is 86.3 Å². The molecule has 25 heavy (non-hydrogen) atoms. The van der Waals surface area contributed by atoms with E-state index in [0.717, 1.165) is 43.9 Å². The number of hydrogen-bond acceptors (Lipinski definition) is 6.